The standard InChI is InChI=1S/C18H12F4N2O3S/c19-15-10-12(6-7-16(15)28(23,25)26)17-14(5-2-8-24-17)11-3-1-4-13(9-11)27-18(20,21)22/h1-10H,(H2,23,25,26). The molecule has 0 bridgehead atoms. The Hall–Kier alpha value is -2.98. The third kappa shape index (κ3) is 4.46. The van der Waals surface area contributed by atoms with Crippen molar-refractivity contribution in [2.24, 2.45) is 5.14 Å². The lowest BCUT2D eigenvalue weighted by molar-refractivity contribution is -0.274. The molecule has 3 rings (SSSR count). The SMILES string of the molecule is NS(=O)(=O)c1ccc(-c2ncccc2-c2cccc(OC(F)(F)F)c2)cc1F. The zero-order chi connectivity index (χ0) is 20.5. The molecule has 28 heavy (non-hydrogen) atoms. The number of halogens is 4. The summed E-state index contributed by atoms with van der Waals surface area (Å²) in [5.41, 5.74) is 1.22. The molecule has 5 nitrogen and oxygen atoms in total. The second kappa shape index (κ2) is 7.21. The van der Waals surface area contributed by atoms with Crippen molar-refractivity contribution >= 4 is 10.0 Å². The van der Waals surface area contributed by atoms with Gasteiger partial charge in [0, 0.05) is 17.3 Å². The number of sulfonamides is 1. The van der Waals surface area contributed by atoms with Gasteiger partial charge in [0.15, 0.2) is 0 Å². The summed E-state index contributed by atoms with van der Waals surface area (Å²) in [5.74, 6) is -1.48. The van der Waals surface area contributed by atoms with Crippen molar-refractivity contribution in [1.82, 2.24) is 4.98 Å². The third-order valence-electron chi connectivity index (χ3n) is 3.70. The molecule has 0 aliphatic carbocycles. The van der Waals surface area contributed by atoms with E-state index in [-0.39, 0.29) is 11.3 Å². The molecule has 0 radical (unpaired) electrons. The summed E-state index contributed by atoms with van der Waals surface area (Å²) in [5, 5.41) is 4.95. The first-order chi connectivity index (χ1) is 13.0. The van der Waals surface area contributed by atoms with Crippen LogP contribution in [0.4, 0.5) is 17.6 Å². The Morgan fingerprint density at radius 1 is 0.964 bits per heavy atom. The zero-order valence-corrected chi connectivity index (χ0v) is 14.8. The summed E-state index contributed by atoms with van der Waals surface area (Å²) in [6, 6.07) is 11.6. The van der Waals surface area contributed by atoms with Gasteiger partial charge in [-0.15, -0.1) is 13.2 Å². The van der Waals surface area contributed by atoms with E-state index in [0.717, 1.165) is 18.2 Å². The summed E-state index contributed by atoms with van der Waals surface area (Å²) in [7, 11) is -4.24. The van der Waals surface area contributed by atoms with E-state index in [2.05, 4.69) is 9.72 Å². The van der Waals surface area contributed by atoms with Gasteiger partial charge in [0.05, 0.1) is 5.69 Å². The molecule has 0 amide bonds. The van der Waals surface area contributed by atoms with Crippen molar-refractivity contribution in [3.8, 4) is 28.1 Å². The predicted octanol–water partition coefficient (Wildman–Crippen LogP) is 4.10. The molecular weight excluding hydrogens is 400 g/mol. The molecular formula is C18H12F4N2O3S. The van der Waals surface area contributed by atoms with Crippen LogP contribution in [-0.4, -0.2) is 19.8 Å². The van der Waals surface area contributed by atoms with Gasteiger partial charge in [0.2, 0.25) is 10.0 Å². The minimum atomic E-state index is -4.84. The van der Waals surface area contributed by atoms with Crippen molar-refractivity contribution in [2.75, 3.05) is 0 Å². The number of aromatic nitrogens is 1. The highest BCUT2D eigenvalue weighted by molar-refractivity contribution is 7.89. The molecule has 0 aliphatic heterocycles. The van der Waals surface area contributed by atoms with Crippen LogP contribution in [0.5, 0.6) is 5.75 Å². The highest BCUT2D eigenvalue weighted by atomic mass is 32.2. The second-order valence-corrected chi connectivity index (χ2v) is 7.20. The average molecular weight is 412 g/mol. The Morgan fingerprint density at radius 2 is 1.71 bits per heavy atom. The van der Waals surface area contributed by atoms with Gasteiger partial charge in [0.25, 0.3) is 0 Å². The zero-order valence-electron chi connectivity index (χ0n) is 13.9. The first kappa shape index (κ1) is 19.8. The fourth-order valence-electron chi connectivity index (χ4n) is 2.61. The van der Waals surface area contributed by atoms with Crippen LogP contribution < -0.4 is 9.88 Å². The maximum atomic E-state index is 14.2. The van der Waals surface area contributed by atoms with Crippen molar-refractivity contribution < 1.29 is 30.7 Å². The number of rotatable bonds is 4. The molecule has 10 heteroatoms. The van der Waals surface area contributed by atoms with E-state index in [4.69, 9.17) is 5.14 Å². The van der Waals surface area contributed by atoms with E-state index in [1.54, 1.807) is 18.2 Å². The van der Waals surface area contributed by atoms with Crippen LogP contribution in [0.1, 0.15) is 0 Å². The third-order valence-corrected chi connectivity index (χ3v) is 4.64. The molecule has 1 heterocycles. The van der Waals surface area contributed by atoms with Gasteiger partial charge in [0.1, 0.15) is 16.5 Å². The monoisotopic (exact) mass is 412 g/mol. The maximum absolute atomic E-state index is 14.2. The molecule has 0 unspecified atom stereocenters. The number of pyridine rings is 1. The summed E-state index contributed by atoms with van der Waals surface area (Å²) in [6.07, 6.45) is -3.43. The first-order valence-corrected chi connectivity index (χ1v) is 9.23. The molecule has 2 aromatic carbocycles. The molecule has 146 valence electrons. The normalized spacial score (nSPS) is 12.0. The predicted molar refractivity (Wildman–Crippen MR) is 93.1 cm³/mol. The van der Waals surface area contributed by atoms with Crippen molar-refractivity contribution in [1.29, 1.82) is 0 Å². The molecule has 2 N–H and O–H groups in total. The smallest absolute Gasteiger partial charge is 0.406 e. The van der Waals surface area contributed by atoms with Crippen LogP contribution in [0.25, 0.3) is 22.4 Å². The van der Waals surface area contributed by atoms with Crippen molar-refractivity contribution in [3.05, 3.63) is 66.6 Å². The topological polar surface area (TPSA) is 82.3 Å². The molecule has 1 aromatic heterocycles. The highest BCUT2D eigenvalue weighted by Gasteiger charge is 2.31. The Bertz CT molecular complexity index is 1130. The Balaban J connectivity index is 2.08. The lowest BCUT2D eigenvalue weighted by Crippen LogP contribution is -2.17. The summed E-state index contributed by atoms with van der Waals surface area (Å²) in [6.45, 7) is 0. The van der Waals surface area contributed by atoms with E-state index in [1.807, 2.05) is 0 Å². The van der Waals surface area contributed by atoms with Gasteiger partial charge >= 0.3 is 6.36 Å². The number of hydrogen-bond acceptors (Lipinski definition) is 4. The fraction of sp³-hybridized carbons (Fsp3) is 0.0556. The lowest BCUT2D eigenvalue weighted by atomic mass is 9.99. The number of nitrogens with two attached hydrogens (primary N) is 1. The van der Waals surface area contributed by atoms with E-state index >= 15 is 0 Å². The van der Waals surface area contributed by atoms with Crippen LogP contribution in [0.3, 0.4) is 0 Å². The lowest BCUT2D eigenvalue weighted by Gasteiger charge is -2.13. The Labute approximate surface area is 157 Å². The minimum Gasteiger partial charge on any atom is -0.406 e. The van der Waals surface area contributed by atoms with E-state index in [9.17, 15) is 26.0 Å². The van der Waals surface area contributed by atoms with Crippen LogP contribution in [0.15, 0.2) is 65.7 Å². The van der Waals surface area contributed by atoms with Crippen LogP contribution in [0.2, 0.25) is 0 Å². The Morgan fingerprint density at radius 3 is 2.36 bits per heavy atom. The van der Waals surface area contributed by atoms with Gasteiger partial charge in [-0.25, -0.2) is 17.9 Å². The van der Waals surface area contributed by atoms with Crippen LogP contribution in [0, 0.1) is 5.82 Å². The molecule has 0 fully saturated rings. The first-order valence-electron chi connectivity index (χ1n) is 7.68. The summed E-state index contributed by atoms with van der Waals surface area (Å²) >= 11 is 0. The second-order valence-electron chi connectivity index (χ2n) is 5.67. The van der Waals surface area contributed by atoms with Crippen LogP contribution in [-0.2, 0) is 10.0 Å². The van der Waals surface area contributed by atoms with Crippen molar-refractivity contribution in [3.63, 3.8) is 0 Å². The summed E-state index contributed by atoms with van der Waals surface area (Å²) in [4.78, 5) is 3.48. The largest absolute Gasteiger partial charge is 0.573 e. The van der Waals surface area contributed by atoms with Gasteiger partial charge < -0.3 is 4.74 Å². The summed E-state index contributed by atoms with van der Waals surface area (Å²) < 4.78 is 78.2. The van der Waals surface area contributed by atoms with Crippen molar-refractivity contribution in [2.45, 2.75) is 11.3 Å². The fourth-order valence-corrected chi connectivity index (χ4v) is 3.20. The average Bonchev–Trinajstić information content (AvgIpc) is 2.59. The van der Waals surface area contributed by atoms with Crippen LogP contribution >= 0.6 is 0 Å². The number of ether oxygens (including phenoxy) is 1. The number of primary sulfonamides is 1. The molecule has 0 atom stereocenters. The van der Waals surface area contributed by atoms with E-state index < -0.39 is 32.8 Å². The highest BCUT2D eigenvalue weighted by Crippen LogP contribution is 2.34. The van der Waals surface area contributed by atoms with Gasteiger partial charge in [-0.1, -0.05) is 24.3 Å². The number of benzene rings is 2. The van der Waals surface area contributed by atoms with E-state index in [1.165, 1.54) is 24.4 Å². The van der Waals surface area contributed by atoms with Gasteiger partial charge in [-0.2, -0.15) is 0 Å². The molecule has 0 saturated carbocycles. The van der Waals surface area contributed by atoms with Gasteiger partial charge in [-0.05, 0) is 35.9 Å². The maximum Gasteiger partial charge on any atom is 0.573 e. The number of hydrogen-bond donors (Lipinski definition) is 1. The minimum absolute atomic E-state index is 0.225. The molecule has 0 aliphatic rings. The number of nitrogens with zero attached hydrogens (tertiary/aromatic N) is 1. The number of alkyl halides is 3. The van der Waals surface area contributed by atoms with E-state index in [0.29, 0.717) is 11.1 Å². The molecule has 0 spiro atoms. The van der Waals surface area contributed by atoms with Gasteiger partial charge in [-0.3, -0.25) is 4.98 Å². The Kier molecular flexibility index (Phi) is 5.09. The molecule has 0 saturated heterocycles. The molecule has 3 aromatic rings. The quantitative estimate of drug-likeness (QED) is 0.654.